The normalized spacial score (nSPS) is 13.0. The molecule has 0 atom stereocenters. The topological polar surface area (TPSA) is 115 Å². The van der Waals surface area contributed by atoms with Crippen LogP contribution in [0.1, 0.15) is 27.1 Å². The van der Waals surface area contributed by atoms with Crippen molar-refractivity contribution in [2.45, 2.75) is 13.0 Å². The number of non-ortho nitro benzene ring substituents is 1. The predicted octanol–water partition coefficient (Wildman–Crippen LogP) is 3.72. The summed E-state index contributed by atoms with van der Waals surface area (Å²) in [4.78, 5) is 55.0. The van der Waals surface area contributed by atoms with E-state index in [0.29, 0.717) is 38.9 Å². The molecule has 2 aromatic heterocycles. The van der Waals surface area contributed by atoms with Gasteiger partial charge in [0.15, 0.2) is 0 Å². The van der Waals surface area contributed by atoms with Crippen LogP contribution in [-0.2, 0) is 6.54 Å². The summed E-state index contributed by atoms with van der Waals surface area (Å²) in [6.45, 7) is 0.442. The molecule has 0 N–H and O–H groups in total. The maximum absolute atomic E-state index is 13.2. The molecule has 33 heavy (non-hydrogen) atoms. The second-order valence-corrected chi connectivity index (χ2v) is 8.40. The molecule has 4 aromatic rings. The molecule has 0 unspecified atom stereocenters. The molecule has 0 aliphatic carbocycles. The standard InChI is InChI=1S/C23H16N4O5S/c28-21-16-7-1-2-8-17(16)22(29)26(21)10-4-9-25-13-24-20-19(23(25)30)18(12-33-20)14-5-3-6-15(11-14)27(31)32/h1-3,5-8,11-13H,4,9-10H2. The maximum atomic E-state index is 13.2. The van der Waals surface area contributed by atoms with Gasteiger partial charge in [0, 0.05) is 36.2 Å². The Balaban J connectivity index is 1.39. The smallest absolute Gasteiger partial charge is 0.270 e. The van der Waals surface area contributed by atoms with Crippen LogP contribution in [0.4, 0.5) is 5.69 Å². The first-order valence-corrected chi connectivity index (χ1v) is 11.0. The number of nitro groups is 1. The molecule has 0 saturated carbocycles. The fourth-order valence-corrected chi connectivity index (χ4v) is 4.87. The summed E-state index contributed by atoms with van der Waals surface area (Å²) in [5, 5.41) is 13.3. The van der Waals surface area contributed by atoms with Crippen LogP contribution >= 0.6 is 11.3 Å². The lowest BCUT2D eigenvalue weighted by atomic mass is 10.1. The van der Waals surface area contributed by atoms with Gasteiger partial charge in [-0.25, -0.2) is 4.98 Å². The molecule has 1 aliphatic heterocycles. The van der Waals surface area contributed by atoms with Crippen LogP contribution in [0.2, 0.25) is 0 Å². The predicted molar refractivity (Wildman–Crippen MR) is 122 cm³/mol. The van der Waals surface area contributed by atoms with Crippen molar-refractivity contribution in [2.75, 3.05) is 6.54 Å². The summed E-state index contributed by atoms with van der Waals surface area (Å²) in [6.07, 6.45) is 1.83. The third kappa shape index (κ3) is 3.50. The van der Waals surface area contributed by atoms with Crippen molar-refractivity contribution < 1.29 is 14.5 Å². The van der Waals surface area contributed by atoms with Gasteiger partial charge in [-0.2, -0.15) is 0 Å². The minimum Gasteiger partial charge on any atom is -0.299 e. The zero-order chi connectivity index (χ0) is 23.1. The molecule has 0 fully saturated rings. The number of carbonyl (C=O) groups excluding carboxylic acids is 2. The fraction of sp³-hybridized carbons (Fsp3) is 0.130. The lowest BCUT2D eigenvalue weighted by Crippen LogP contribution is -2.32. The van der Waals surface area contributed by atoms with E-state index in [1.54, 1.807) is 41.8 Å². The van der Waals surface area contributed by atoms with Gasteiger partial charge in [-0.15, -0.1) is 11.3 Å². The molecule has 10 heteroatoms. The minimum atomic E-state index is -0.478. The van der Waals surface area contributed by atoms with Crippen LogP contribution in [0.25, 0.3) is 21.3 Å². The van der Waals surface area contributed by atoms with Gasteiger partial charge in [0.2, 0.25) is 0 Å². The van der Waals surface area contributed by atoms with E-state index in [-0.39, 0.29) is 36.2 Å². The number of carbonyl (C=O) groups is 2. The molecule has 0 spiro atoms. The Hall–Kier alpha value is -4.18. The Morgan fingerprint density at radius 1 is 0.939 bits per heavy atom. The zero-order valence-corrected chi connectivity index (χ0v) is 17.9. The molecule has 0 saturated heterocycles. The van der Waals surface area contributed by atoms with Gasteiger partial charge in [0.05, 0.1) is 27.8 Å². The summed E-state index contributed by atoms with van der Waals surface area (Å²) in [5.41, 5.74) is 1.61. The molecule has 3 heterocycles. The number of aryl methyl sites for hydroxylation is 1. The molecule has 2 aromatic carbocycles. The number of imide groups is 1. The van der Waals surface area contributed by atoms with E-state index in [9.17, 15) is 24.5 Å². The lowest BCUT2D eigenvalue weighted by molar-refractivity contribution is -0.384. The highest BCUT2D eigenvalue weighted by molar-refractivity contribution is 7.17. The average Bonchev–Trinajstić information content (AvgIpc) is 3.36. The van der Waals surface area contributed by atoms with Gasteiger partial charge >= 0.3 is 0 Å². The van der Waals surface area contributed by atoms with Gasteiger partial charge in [0.25, 0.3) is 23.1 Å². The number of amides is 2. The number of nitro benzene ring substituents is 1. The van der Waals surface area contributed by atoms with E-state index in [4.69, 9.17) is 0 Å². The Morgan fingerprint density at radius 3 is 2.36 bits per heavy atom. The van der Waals surface area contributed by atoms with E-state index in [0.717, 1.165) is 0 Å². The number of nitrogens with zero attached hydrogens (tertiary/aromatic N) is 4. The lowest BCUT2D eigenvalue weighted by Gasteiger charge is -2.14. The van der Waals surface area contributed by atoms with E-state index in [1.165, 1.54) is 39.3 Å². The first-order valence-electron chi connectivity index (χ1n) is 10.1. The van der Waals surface area contributed by atoms with Gasteiger partial charge in [-0.05, 0) is 24.1 Å². The Bertz CT molecular complexity index is 1470. The van der Waals surface area contributed by atoms with Crippen LogP contribution < -0.4 is 5.56 Å². The molecule has 2 amide bonds. The highest BCUT2D eigenvalue weighted by Crippen LogP contribution is 2.32. The van der Waals surface area contributed by atoms with E-state index in [2.05, 4.69) is 4.98 Å². The van der Waals surface area contributed by atoms with Crippen LogP contribution in [0.3, 0.4) is 0 Å². The van der Waals surface area contributed by atoms with Gasteiger partial charge in [-0.3, -0.25) is 34.0 Å². The van der Waals surface area contributed by atoms with E-state index in [1.807, 2.05) is 0 Å². The summed E-state index contributed by atoms with van der Waals surface area (Å²) in [7, 11) is 0. The third-order valence-electron chi connectivity index (χ3n) is 5.59. The highest BCUT2D eigenvalue weighted by Gasteiger charge is 2.34. The number of thiophene rings is 1. The number of rotatable bonds is 6. The molecule has 164 valence electrons. The van der Waals surface area contributed by atoms with Crippen LogP contribution in [0.15, 0.2) is 65.0 Å². The van der Waals surface area contributed by atoms with Crippen LogP contribution in [0, 0.1) is 10.1 Å². The van der Waals surface area contributed by atoms with Crippen LogP contribution in [-0.4, -0.2) is 37.7 Å². The van der Waals surface area contributed by atoms with Crippen molar-refractivity contribution in [3.05, 3.63) is 91.8 Å². The van der Waals surface area contributed by atoms with Crippen molar-refractivity contribution in [1.82, 2.24) is 14.5 Å². The Labute approximate surface area is 190 Å². The third-order valence-corrected chi connectivity index (χ3v) is 6.47. The van der Waals surface area contributed by atoms with Crippen LogP contribution in [0.5, 0.6) is 0 Å². The van der Waals surface area contributed by atoms with Crippen molar-refractivity contribution in [3.63, 3.8) is 0 Å². The van der Waals surface area contributed by atoms with Crippen molar-refractivity contribution in [1.29, 1.82) is 0 Å². The van der Waals surface area contributed by atoms with E-state index < -0.39 is 4.92 Å². The fourth-order valence-electron chi connectivity index (χ4n) is 3.97. The highest BCUT2D eigenvalue weighted by atomic mass is 32.1. The second-order valence-electron chi connectivity index (χ2n) is 7.54. The zero-order valence-electron chi connectivity index (χ0n) is 17.1. The first-order chi connectivity index (χ1) is 16.0. The SMILES string of the molecule is O=C1c2ccccc2C(=O)N1CCCn1cnc2scc(-c3cccc([N+](=O)[O-])c3)c2c1=O. The second kappa shape index (κ2) is 8.06. The monoisotopic (exact) mass is 460 g/mol. The maximum Gasteiger partial charge on any atom is 0.270 e. The number of hydrogen-bond acceptors (Lipinski definition) is 7. The number of fused-ring (bicyclic) bond motifs is 2. The molecule has 5 rings (SSSR count). The Kier molecular flexibility index (Phi) is 5.06. The molecule has 1 aliphatic rings. The largest absolute Gasteiger partial charge is 0.299 e. The Morgan fingerprint density at radius 2 is 1.67 bits per heavy atom. The van der Waals surface area contributed by atoms with Crippen molar-refractivity contribution in [2.24, 2.45) is 0 Å². The summed E-state index contributed by atoms with van der Waals surface area (Å²) in [5.74, 6) is -0.662. The molecule has 0 radical (unpaired) electrons. The minimum absolute atomic E-state index is 0.0583. The van der Waals surface area contributed by atoms with Gasteiger partial charge < -0.3 is 0 Å². The van der Waals surface area contributed by atoms with Gasteiger partial charge in [-0.1, -0.05) is 24.3 Å². The molecule has 9 nitrogen and oxygen atoms in total. The van der Waals surface area contributed by atoms with E-state index >= 15 is 0 Å². The molecule has 0 bridgehead atoms. The number of benzene rings is 2. The first kappa shape index (κ1) is 20.7. The number of hydrogen-bond donors (Lipinski definition) is 0. The summed E-state index contributed by atoms with van der Waals surface area (Å²) in [6, 6.07) is 12.8. The van der Waals surface area contributed by atoms with Crippen molar-refractivity contribution >= 4 is 39.1 Å². The quantitative estimate of drug-likeness (QED) is 0.246. The molecular formula is C23H16N4O5S. The van der Waals surface area contributed by atoms with Gasteiger partial charge in [0.1, 0.15) is 4.83 Å². The number of aromatic nitrogens is 2. The van der Waals surface area contributed by atoms with Crippen molar-refractivity contribution in [3.8, 4) is 11.1 Å². The average molecular weight is 460 g/mol. The molecular weight excluding hydrogens is 444 g/mol. The summed E-state index contributed by atoms with van der Waals surface area (Å²) >= 11 is 1.29. The summed E-state index contributed by atoms with van der Waals surface area (Å²) < 4.78 is 1.44.